The van der Waals surface area contributed by atoms with Gasteiger partial charge in [-0.2, -0.15) is 0 Å². The van der Waals surface area contributed by atoms with E-state index in [4.69, 9.17) is 15.0 Å². The Morgan fingerprint density at radius 2 is 1.60 bits per heavy atom. The average Bonchev–Trinajstić information content (AvgIpc) is 2.54. The molecule has 0 N–H and O–H groups in total. The van der Waals surface area contributed by atoms with Crippen LogP contribution in [0.25, 0.3) is 0 Å². The molecule has 106 valence electrons. The van der Waals surface area contributed by atoms with Gasteiger partial charge in [-0.05, 0) is 12.5 Å². The summed E-state index contributed by atoms with van der Waals surface area (Å²) in [5.41, 5.74) is -1.91. The van der Waals surface area contributed by atoms with Crippen LogP contribution >= 0.6 is 0 Å². The van der Waals surface area contributed by atoms with Gasteiger partial charge < -0.3 is 9.47 Å². The molecule has 1 aromatic rings. The summed E-state index contributed by atoms with van der Waals surface area (Å²) < 4.78 is 39.3. The number of rotatable bonds is 7. The van der Waals surface area contributed by atoms with Gasteiger partial charge in [0, 0.05) is 0 Å². The Morgan fingerprint density at radius 1 is 1.15 bits per heavy atom. The molecule has 4 heteroatoms. The van der Waals surface area contributed by atoms with Gasteiger partial charge >= 0.3 is 11.9 Å². The van der Waals surface area contributed by atoms with Crippen LogP contribution in [0.3, 0.4) is 0 Å². The molecule has 0 fully saturated rings. The van der Waals surface area contributed by atoms with Gasteiger partial charge in [-0.3, -0.25) is 9.59 Å². The molecule has 0 amide bonds. The first kappa shape index (κ1) is 10.4. The van der Waals surface area contributed by atoms with Crippen LogP contribution in [0, 0.1) is 0 Å². The van der Waals surface area contributed by atoms with Crippen LogP contribution < -0.4 is 0 Å². The van der Waals surface area contributed by atoms with Crippen LogP contribution in [0.2, 0.25) is 0 Å². The first-order valence-electron chi connectivity index (χ1n) is 7.78. The van der Waals surface area contributed by atoms with Crippen molar-refractivity contribution in [1.29, 1.82) is 0 Å². The van der Waals surface area contributed by atoms with E-state index in [-0.39, 0.29) is 5.56 Å². The van der Waals surface area contributed by atoms with Crippen LogP contribution in [-0.4, -0.2) is 25.1 Å². The second-order valence-corrected chi connectivity index (χ2v) is 3.91. The zero-order chi connectivity index (χ0) is 18.6. The van der Waals surface area contributed by atoms with Crippen molar-refractivity contribution in [1.82, 2.24) is 0 Å². The van der Waals surface area contributed by atoms with Crippen molar-refractivity contribution < 1.29 is 24.5 Å². The number of carbonyl (C=O) groups excluding carboxylic acids is 2. The third-order valence-electron chi connectivity index (χ3n) is 2.64. The van der Waals surface area contributed by atoms with Gasteiger partial charge in [-0.25, -0.2) is 0 Å². The number of hydrogen-bond acceptors (Lipinski definition) is 4. The fourth-order valence-corrected chi connectivity index (χ4v) is 1.49. The number of benzene rings is 1. The standard InChI is InChI=1S/C16H18O4/c1-4-11-19-14(17)16(3,15(18)20-12-5-2)13-9-7-6-8-10-13/h4-10H,1-2,11-12H2,3H3/i11D2,12D2. The van der Waals surface area contributed by atoms with Crippen molar-refractivity contribution in [2.45, 2.75) is 12.3 Å². The summed E-state index contributed by atoms with van der Waals surface area (Å²) >= 11 is 0. The van der Waals surface area contributed by atoms with Crippen molar-refractivity contribution in [2.24, 2.45) is 0 Å². The maximum atomic E-state index is 12.5. The summed E-state index contributed by atoms with van der Waals surface area (Å²) in [6.07, 6.45) is 1.54. The highest BCUT2D eigenvalue weighted by Gasteiger charge is 2.46. The molecule has 0 atom stereocenters. The normalized spacial score (nSPS) is 14.8. The van der Waals surface area contributed by atoms with E-state index in [1.165, 1.54) is 19.1 Å². The number of hydrogen-bond donors (Lipinski definition) is 0. The summed E-state index contributed by atoms with van der Waals surface area (Å²) in [5, 5.41) is 0. The van der Waals surface area contributed by atoms with E-state index < -0.39 is 30.5 Å². The Balaban J connectivity index is 3.32. The Kier molecular flexibility index (Phi) is 3.80. The van der Waals surface area contributed by atoms with Crippen molar-refractivity contribution in [2.75, 3.05) is 13.1 Å². The Labute approximate surface area is 124 Å². The fraction of sp³-hybridized carbons (Fsp3) is 0.250. The molecule has 0 saturated carbocycles. The molecule has 0 unspecified atom stereocenters. The third kappa shape index (κ3) is 3.35. The first-order chi connectivity index (χ1) is 11.0. The van der Waals surface area contributed by atoms with Crippen LogP contribution in [0.5, 0.6) is 0 Å². The van der Waals surface area contributed by atoms with Gasteiger partial charge in [0.05, 0.1) is 5.48 Å². The predicted octanol–water partition coefficient (Wildman–Crippen LogP) is 2.40. The van der Waals surface area contributed by atoms with E-state index in [1.54, 1.807) is 18.2 Å². The molecule has 0 bridgehead atoms. The Bertz CT molecular complexity index is 607. The fourth-order valence-electron chi connectivity index (χ4n) is 1.49. The van der Waals surface area contributed by atoms with Crippen LogP contribution in [-0.2, 0) is 24.5 Å². The van der Waals surface area contributed by atoms with Gasteiger partial charge in [-0.1, -0.05) is 55.6 Å². The van der Waals surface area contributed by atoms with E-state index >= 15 is 0 Å². The highest BCUT2D eigenvalue weighted by atomic mass is 16.6. The minimum atomic E-state index is -2.50. The quantitative estimate of drug-likeness (QED) is 0.436. The molecule has 1 aromatic carbocycles. The van der Waals surface area contributed by atoms with Gasteiger partial charge in [0.25, 0.3) is 0 Å². The largest absolute Gasteiger partial charge is 0.460 e. The lowest BCUT2D eigenvalue weighted by atomic mass is 9.82. The predicted molar refractivity (Wildman–Crippen MR) is 76.1 cm³/mol. The van der Waals surface area contributed by atoms with Crippen molar-refractivity contribution >= 4 is 11.9 Å². The molecule has 1 rings (SSSR count). The maximum Gasteiger partial charge on any atom is 0.328 e. The highest BCUT2D eigenvalue weighted by Crippen LogP contribution is 2.27. The summed E-state index contributed by atoms with van der Waals surface area (Å²) in [6.45, 7) is 2.61. The molecule has 0 aliphatic carbocycles. The lowest BCUT2D eigenvalue weighted by molar-refractivity contribution is -0.163. The Hall–Kier alpha value is -2.36. The van der Waals surface area contributed by atoms with E-state index in [9.17, 15) is 9.59 Å². The van der Waals surface area contributed by atoms with Crippen LogP contribution in [0.1, 0.15) is 18.0 Å². The summed E-state index contributed by atoms with van der Waals surface area (Å²) in [4.78, 5) is 25.0. The van der Waals surface area contributed by atoms with Gasteiger partial charge in [0.1, 0.15) is 13.1 Å². The molecule has 0 aromatic heterocycles. The highest BCUT2D eigenvalue weighted by molar-refractivity contribution is 6.05. The molecule has 0 radical (unpaired) electrons. The molecule has 0 heterocycles. The third-order valence-corrected chi connectivity index (χ3v) is 2.64. The van der Waals surface area contributed by atoms with Gasteiger partial charge in [0.15, 0.2) is 5.41 Å². The van der Waals surface area contributed by atoms with Crippen molar-refractivity contribution in [3.63, 3.8) is 0 Å². The number of esters is 2. The molecule has 0 spiro atoms. The molecule has 20 heavy (non-hydrogen) atoms. The van der Waals surface area contributed by atoms with Crippen molar-refractivity contribution in [3.05, 3.63) is 61.2 Å². The molecular formula is C16H18O4. The molecule has 0 aliphatic rings. The van der Waals surface area contributed by atoms with E-state index in [2.05, 4.69) is 13.2 Å². The monoisotopic (exact) mass is 278 g/mol. The maximum absolute atomic E-state index is 12.5. The van der Waals surface area contributed by atoms with Crippen LogP contribution in [0.4, 0.5) is 0 Å². The van der Waals surface area contributed by atoms with Crippen molar-refractivity contribution in [3.8, 4) is 0 Å². The molecule has 0 saturated heterocycles. The second kappa shape index (κ2) is 7.28. The van der Waals surface area contributed by atoms with Gasteiger partial charge in [0.2, 0.25) is 0 Å². The zero-order valence-electron chi connectivity index (χ0n) is 15.1. The SMILES string of the molecule is [2H]C([2H])(C=C)OC(=O)C(C)(C(=O)OC([2H])([2H])C=C)c1ccccc1. The summed E-state index contributed by atoms with van der Waals surface area (Å²) in [7, 11) is 0. The zero-order valence-corrected chi connectivity index (χ0v) is 11.1. The lowest BCUT2D eigenvalue weighted by Crippen LogP contribution is -2.43. The van der Waals surface area contributed by atoms with E-state index in [1.807, 2.05) is 0 Å². The average molecular weight is 278 g/mol. The summed E-state index contributed by atoms with van der Waals surface area (Å²) in [6, 6.07) is 7.70. The minimum Gasteiger partial charge on any atom is -0.460 e. The molecule has 0 aliphatic heterocycles. The van der Waals surface area contributed by atoms with Crippen LogP contribution in [0.15, 0.2) is 55.6 Å². The topological polar surface area (TPSA) is 52.6 Å². The minimum absolute atomic E-state index is 0.166. The Morgan fingerprint density at radius 3 is 2.00 bits per heavy atom. The lowest BCUT2D eigenvalue weighted by Gasteiger charge is -2.25. The summed E-state index contributed by atoms with van der Waals surface area (Å²) in [5.74, 6) is -2.47. The first-order valence-corrected chi connectivity index (χ1v) is 5.78. The van der Waals surface area contributed by atoms with E-state index in [0.717, 1.165) is 12.2 Å². The second-order valence-electron chi connectivity index (χ2n) is 3.91. The number of ether oxygens (including phenoxy) is 2. The smallest absolute Gasteiger partial charge is 0.328 e. The molecular weight excluding hydrogens is 256 g/mol. The van der Waals surface area contributed by atoms with Gasteiger partial charge in [-0.15, -0.1) is 0 Å². The number of carbonyl (C=O) groups is 2. The van der Waals surface area contributed by atoms with E-state index in [0.29, 0.717) is 0 Å². The molecule has 4 nitrogen and oxygen atoms in total.